The molecule has 3 rings (SSSR count). The zero-order valence-electron chi connectivity index (χ0n) is 15.2. The minimum atomic E-state index is -0.328. The van der Waals surface area contributed by atoms with Crippen LogP contribution >= 0.6 is 11.8 Å². The molecule has 0 radical (unpaired) electrons. The first-order valence-corrected chi connectivity index (χ1v) is 10.9. The molecule has 0 spiro atoms. The molecule has 0 aromatic carbocycles. The molecule has 25 heavy (non-hydrogen) atoms. The maximum Gasteiger partial charge on any atom is 0.262 e. The van der Waals surface area contributed by atoms with Crippen LogP contribution in [0.3, 0.4) is 0 Å². The van der Waals surface area contributed by atoms with Crippen LogP contribution in [0.4, 0.5) is 0 Å². The second-order valence-corrected chi connectivity index (χ2v) is 8.74. The molecule has 1 unspecified atom stereocenters. The van der Waals surface area contributed by atoms with E-state index in [1.165, 1.54) is 56.7 Å². The van der Waals surface area contributed by atoms with Gasteiger partial charge in [-0.25, -0.2) is 0 Å². The maximum atomic E-state index is 12.6. The van der Waals surface area contributed by atoms with Gasteiger partial charge in [-0.3, -0.25) is 9.59 Å². The molecule has 0 aromatic heterocycles. The molecule has 2 fully saturated rings. The Hall–Kier alpha value is -1.04. The topological polar surface area (TPSA) is 61.8 Å². The van der Waals surface area contributed by atoms with Crippen LogP contribution in [0, 0.1) is 0 Å². The largest absolute Gasteiger partial charge is 0.362 e. The second kappa shape index (κ2) is 9.60. The first-order chi connectivity index (χ1) is 12.2. The molecule has 1 saturated heterocycles. The summed E-state index contributed by atoms with van der Waals surface area (Å²) in [5.41, 5.74) is 0. The molecule has 1 saturated carbocycles. The van der Waals surface area contributed by atoms with E-state index in [-0.39, 0.29) is 17.1 Å². The molecule has 0 aromatic rings. The van der Waals surface area contributed by atoms with E-state index in [1.807, 2.05) is 4.90 Å². The predicted molar refractivity (Wildman–Crippen MR) is 103 cm³/mol. The second-order valence-electron chi connectivity index (χ2n) is 7.55. The van der Waals surface area contributed by atoms with Crippen molar-refractivity contribution in [1.82, 2.24) is 10.2 Å². The quantitative estimate of drug-likeness (QED) is 0.778. The summed E-state index contributed by atoms with van der Waals surface area (Å²) in [5, 5.41) is 3.87. The molecule has 2 aliphatic heterocycles. The number of rotatable bonds is 3. The van der Waals surface area contributed by atoms with Gasteiger partial charge in [-0.2, -0.15) is 4.99 Å². The van der Waals surface area contributed by atoms with Gasteiger partial charge in [0.2, 0.25) is 5.91 Å². The molecule has 1 atom stereocenters. The first kappa shape index (κ1) is 18.7. The molecule has 2 amide bonds. The highest BCUT2D eigenvalue weighted by Gasteiger charge is 2.32. The molecular formula is C19H31N3O2S. The highest BCUT2D eigenvalue weighted by Crippen LogP contribution is 2.27. The van der Waals surface area contributed by atoms with Crippen molar-refractivity contribution in [2.45, 2.75) is 88.3 Å². The van der Waals surface area contributed by atoms with Crippen molar-refractivity contribution in [2.75, 3.05) is 13.1 Å². The van der Waals surface area contributed by atoms with Crippen molar-refractivity contribution >= 4 is 28.7 Å². The summed E-state index contributed by atoms with van der Waals surface area (Å²) in [7, 11) is 0. The average molecular weight is 366 g/mol. The number of carbonyl (C=O) groups is 2. The molecule has 140 valence electrons. The molecular weight excluding hydrogens is 334 g/mol. The van der Waals surface area contributed by atoms with E-state index in [0.29, 0.717) is 12.5 Å². The summed E-state index contributed by atoms with van der Waals surface area (Å²) >= 11 is 1.46. The van der Waals surface area contributed by atoms with Crippen molar-refractivity contribution in [3.63, 3.8) is 0 Å². The van der Waals surface area contributed by atoms with Crippen LogP contribution in [0.1, 0.15) is 77.0 Å². The Morgan fingerprint density at radius 2 is 1.60 bits per heavy atom. The minimum absolute atomic E-state index is 0.124. The van der Waals surface area contributed by atoms with Gasteiger partial charge in [0, 0.05) is 25.6 Å². The number of amidine groups is 1. The van der Waals surface area contributed by atoms with Crippen molar-refractivity contribution < 1.29 is 9.59 Å². The molecule has 6 heteroatoms. The van der Waals surface area contributed by atoms with Crippen LogP contribution in [-0.2, 0) is 9.59 Å². The summed E-state index contributed by atoms with van der Waals surface area (Å²) in [6, 6.07) is 0.436. The van der Waals surface area contributed by atoms with E-state index in [4.69, 9.17) is 0 Å². The summed E-state index contributed by atoms with van der Waals surface area (Å²) in [5.74, 6) is -0.0137. The predicted octanol–water partition coefficient (Wildman–Crippen LogP) is 3.48. The van der Waals surface area contributed by atoms with Crippen LogP contribution in [-0.4, -0.2) is 46.3 Å². The summed E-state index contributed by atoms with van der Waals surface area (Å²) in [4.78, 5) is 31.0. The third-order valence-corrected chi connectivity index (χ3v) is 6.58. The Bertz CT molecular complexity index is 493. The van der Waals surface area contributed by atoms with Crippen molar-refractivity contribution in [3.05, 3.63) is 0 Å². The third kappa shape index (κ3) is 5.73. The van der Waals surface area contributed by atoms with E-state index in [2.05, 4.69) is 10.3 Å². The smallest absolute Gasteiger partial charge is 0.262 e. The van der Waals surface area contributed by atoms with Crippen LogP contribution < -0.4 is 5.32 Å². The lowest BCUT2D eigenvalue weighted by Crippen LogP contribution is -2.36. The number of hydrogen-bond acceptors (Lipinski definition) is 4. The summed E-state index contributed by atoms with van der Waals surface area (Å²) < 4.78 is 0. The van der Waals surface area contributed by atoms with Gasteiger partial charge >= 0.3 is 0 Å². The van der Waals surface area contributed by atoms with Gasteiger partial charge in [-0.1, -0.05) is 56.7 Å². The molecule has 3 aliphatic rings. The Labute approximate surface area is 155 Å². The van der Waals surface area contributed by atoms with E-state index in [0.717, 1.165) is 43.9 Å². The number of likely N-dealkylation sites (tertiary alicyclic amines) is 1. The normalized spacial score (nSPS) is 26.6. The van der Waals surface area contributed by atoms with Gasteiger partial charge < -0.3 is 10.2 Å². The molecule has 0 bridgehead atoms. The standard InChI is InChI=1S/C19H31N3O2S/c23-17(22-12-8-4-1-5-9-13-22)14-16-18(24)21-19(25-16)20-15-10-6-2-3-7-11-15/h15-16H,1-14H2,(H,20,21,24). The van der Waals surface area contributed by atoms with Gasteiger partial charge in [0.05, 0.1) is 0 Å². The maximum absolute atomic E-state index is 12.6. The van der Waals surface area contributed by atoms with E-state index >= 15 is 0 Å². The number of hydrogen-bond donors (Lipinski definition) is 1. The van der Waals surface area contributed by atoms with Crippen molar-refractivity contribution in [1.29, 1.82) is 0 Å². The fourth-order valence-corrected chi connectivity index (χ4v) is 4.99. The van der Waals surface area contributed by atoms with E-state index in [9.17, 15) is 9.59 Å². The van der Waals surface area contributed by atoms with E-state index in [1.54, 1.807) is 0 Å². The van der Waals surface area contributed by atoms with Crippen LogP contribution in [0.2, 0.25) is 0 Å². The zero-order valence-corrected chi connectivity index (χ0v) is 16.0. The number of thioether (sulfide) groups is 1. The lowest BCUT2D eigenvalue weighted by atomic mass is 10.1. The van der Waals surface area contributed by atoms with E-state index < -0.39 is 0 Å². The average Bonchev–Trinajstić information content (AvgIpc) is 2.74. The Morgan fingerprint density at radius 3 is 2.28 bits per heavy atom. The number of amides is 2. The highest BCUT2D eigenvalue weighted by molar-refractivity contribution is 8.15. The monoisotopic (exact) mass is 365 g/mol. The molecule has 1 aliphatic carbocycles. The lowest BCUT2D eigenvalue weighted by molar-refractivity contribution is -0.133. The molecule has 2 heterocycles. The number of nitrogens with zero attached hydrogens (tertiary/aromatic N) is 2. The Kier molecular flexibility index (Phi) is 7.20. The van der Waals surface area contributed by atoms with Crippen LogP contribution in [0.15, 0.2) is 4.99 Å². The van der Waals surface area contributed by atoms with Gasteiger partial charge in [-0.05, 0) is 25.7 Å². The van der Waals surface area contributed by atoms with Crippen LogP contribution in [0.5, 0.6) is 0 Å². The van der Waals surface area contributed by atoms with Crippen molar-refractivity contribution in [2.24, 2.45) is 4.99 Å². The fourth-order valence-electron chi connectivity index (χ4n) is 3.96. The Morgan fingerprint density at radius 1 is 1.00 bits per heavy atom. The highest BCUT2D eigenvalue weighted by atomic mass is 32.2. The number of carbonyl (C=O) groups excluding carboxylic acids is 2. The number of aliphatic imine (C=N–C) groups is 1. The Balaban J connectivity index is 1.47. The SMILES string of the molecule is O=C1N=C(NC2CCCCCC2)SC1CC(=O)N1CCCCCCC1. The third-order valence-electron chi connectivity index (χ3n) is 5.49. The van der Waals surface area contributed by atoms with Crippen LogP contribution in [0.25, 0.3) is 0 Å². The number of nitrogens with one attached hydrogen (secondary N) is 1. The zero-order chi connectivity index (χ0) is 17.5. The van der Waals surface area contributed by atoms with Crippen molar-refractivity contribution in [3.8, 4) is 0 Å². The lowest BCUT2D eigenvalue weighted by Gasteiger charge is -2.25. The minimum Gasteiger partial charge on any atom is -0.362 e. The molecule has 1 N–H and O–H groups in total. The van der Waals surface area contributed by atoms with Gasteiger partial charge in [0.25, 0.3) is 5.91 Å². The fraction of sp³-hybridized carbons (Fsp3) is 0.842. The summed E-state index contributed by atoms with van der Waals surface area (Å²) in [6.07, 6.45) is 13.6. The van der Waals surface area contributed by atoms with Gasteiger partial charge in [-0.15, -0.1) is 0 Å². The van der Waals surface area contributed by atoms with Gasteiger partial charge in [0.15, 0.2) is 5.17 Å². The first-order valence-electron chi connectivity index (χ1n) is 10.1. The summed E-state index contributed by atoms with van der Waals surface area (Å²) in [6.45, 7) is 1.69. The van der Waals surface area contributed by atoms with Gasteiger partial charge in [0.1, 0.15) is 5.25 Å². The molecule has 5 nitrogen and oxygen atoms in total.